The maximum absolute atomic E-state index is 15.1. The summed E-state index contributed by atoms with van der Waals surface area (Å²) in [6, 6.07) is 14.7. The molecule has 1 amide bonds. The fraction of sp³-hybridized carbons (Fsp3) is 0.321. The third-order valence-electron chi connectivity index (χ3n) is 6.74. The van der Waals surface area contributed by atoms with E-state index in [2.05, 4.69) is 4.98 Å². The molecule has 0 saturated carbocycles. The number of halogens is 1. The number of carbonyl (C=O) groups is 3. The minimum absolute atomic E-state index is 0.0434. The molecule has 2 heterocycles. The number of hydrogen-bond donors (Lipinski definition) is 3. The summed E-state index contributed by atoms with van der Waals surface area (Å²) in [6.45, 7) is 3.19. The Labute approximate surface area is 228 Å². The van der Waals surface area contributed by atoms with Crippen molar-refractivity contribution in [3.8, 4) is 0 Å². The summed E-state index contributed by atoms with van der Waals surface area (Å²) in [5.41, 5.74) is -7.44. The minimum Gasteiger partial charge on any atom is -0.449 e. The highest BCUT2D eigenvalue weighted by molar-refractivity contribution is 6.13. The molecule has 0 unspecified atom stereocenters. The standard InChI is InChI=1S/C28H28FN3O8/c1-3-4-15-39-26(36)31-23-20(29)16-32(25(35)30-23)24-28(38,22(34)19-13-9-6-10-14-19)27(37,17(2)40-24)21(33)18-11-7-5-8-12-18/h5-14,16-17,24,37-38H,3-4,15H2,1-2H3,(H,30,31,35,36)/t17-,24-,27+,28+/m1/s1. The number of aliphatic hydroxyl groups is 2. The maximum Gasteiger partial charge on any atom is 0.412 e. The van der Waals surface area contributed by atoms with Gasteiger partial charge in [-0.3, -0.25) is 19.5 Å². The molecule has 1 aliphatic heterocycles. The highest BCUT2D eigenvalue weighted by Gasteiger charge is 2.72. The molecular formula is C28H28FN3O8. The van der Waals surface area contributed by atoms with E-state index in [1.165, 1.54) is 55.5 Å². The van der Waals surface area contributed by atoms with Crippen LogP contribution in [0.15, 0.2) is 71.7 Å². The predicted molar refractivity (Wildman–Crippen MR) is 139 cm³/mol. The molecule has 12 heteroatoms. The Kier molecular flexibility index (Phi) is 8.24. The number of anilines is 1. The van der Waals surface area contributed by atoms with Gasteiger partial charge in [-0.05, 0) is 13.3 Å². The van der Waals surface area contributed by atoms with Gasteiger partial charge in [-0.25, -0.2) is 14.0 Å². The number of benzene rings is 2. The summed E-state index contributed by atoms with van der Waals surface area (Å²) in [6.07, 6.45) is -2.81. The van der Waals surface area contributed by atoms with Crippen LogP contribution in [-0.2, 0) is 9.47 Å². The van der Waals surface area contributed by atoms with Crippen molar-refractivity contribution in [2.75, 3.05) is 11.9 Å². The number of nitrogens with one attached hydrogen (secondary N) is 1. The molecule has 3 N–H and O–H groups in total. The number of aromatic nitrogens is 2. The van der Waals surface area contributed by atoms with Gasteiger partial charge in [0, 0.05) is 11.1 Å². The molecule has 210 valence electrons. The smallest absolute Gasteiger partial charge is 0.412 e. The Bertz CT molecular complexity index is 1470. The van der Waals surface area contributed by atoms with Gasteiger partial charge in [0.25, 0.3) is 0 Å². The summed E-state index contributed by atoms with van der Waals surface area (Å²) in [4.78, 5) is 56.0. The van der Waals surface area contributed by atoms with Crippen LogP contribution >= 0.6 is 0 Å². The molecule has 3 aromatic rings. The molecule has 11 nitrogen and oxygen atoms in total. The summed E-state index contributed by atoms with van der Waals surface area (Å²) in [5.74, 6) is -4.20. The molecule has 0 bridgehead atoms. The van der Waals surface area contributed by atoms with Gasteiger partial charge in [-0.1, -0.05) is 74.0 Å². The van der Waals surface area contributed by atoms with Crippen LogP contribution in [0.2, 0.25) is 0 Å². The zero-order chi connectivity index (χ0) is 29.1. The number of ketones is 2. The van der Waals surface area contributed by atoms with E-state index < -0.39 is 58.5 Å². The van der Waals surface area contributed by atoms with Crippen LogP contribution in [0.3, 0.4) is 0 Å². The lowest BCUT2D eigenvalue weighted by Gasteiger charge is -2.38. The van der Waals surface area contributed by atoms with E-state index in [1.807, 2.05) is 12.2 Å². The molecule has 1 fully saturated rings. The van der Waals surface area contributed by atoms with Crippen molar-refractivity contribution in [2.24, 2.45) is 0 Å². The largest absolute Gasteiger partial charge is 0.449 e. The Balaban J connectivity index is 1.81. The summed E-state index contributed by atoms with van der Waals surface area (Å²) in [5, 5.41) is 25.9. The van der Waals surface area contributed by atoms with Gasteiger partial charge < -0.3 is 19.7 Å². The zero-order valence-electron chi connectivity index (χ0n) is 21.7. The molecule has 4 rings (SSSR count). The molecule has 2 aromatic carbocycles. The van der Waals surface area contributed by atoms with Crippen LogP contribution in [0.4, 0.5) is 15.0 Å². The number of carbonyl (C=O) groups excluding carboxylic acids is 3. The van der Waals surface area contributed by atoms with Crippen LogP contribution in [-0.4, -0.2) is 61.3 Å². The Morgan fingerprint density at radius 3 is 2.12 bits per heavy atom. The van der Waals surface area contributed by atoms with Crippen molar-refractivity contribution in [3.63, 3.8) is 0 Å². The van der Waals surface area contributed by atoms with Gasteiger partial charge in [0.05, 0.1) is 18.9 Å². The second-order valence-electron chi connectivity index (χ2n) is 9.30. The van der Waals surface area contributed by atoms with Crippen molar-refractivity contribution >= 4 is 23.5 Å². The molecular weight excluding hydrogens is 525 g/mol. The Hall–Kier alpha value is -4.26. The van der Waals surface area contributed by atoms with E-state index in [9.17, 15) is 29.4 Å². The number of nitrogens with zero attached hydrogens (tertiary/aromatic N) is 2. The lowest BCUT2D eigenvalue weighted by atomic mass is 9.71. The van der Waals surface area contributed by atoms with Crippen molar-refractivity contribution in [3.05, 3.63) is 94.3 Å². The average Bonchev–Trinajstić information content (AvgIpc) is 3.17. The first-order chi connectivity index (χ1) is 19.0. The van der Waals surface area contributed by atoms with Gasteiger partial charge in [0.15, 0.2) is 23.5 Å². The number of unbranched alkanes of at least 4 members (excludes halogenated alkanes) is 1. The SMILES string of the molecule is CCCCOC(=O)Nc1nc(=O)n([C@@H]2O[C@H](C)[C@](O)(C(=O)c3ccccc3)[C@]2(O)C(=O)c2ccccc2)cc1F. The number of amides is 1. The molecule has 1 aromatic heterocycles. The summed E-state index contributed by atoms with van der Waals surface area (Å²) < 4.78 is 26.1. The van der Waals surface area contributed by atoms with Crippen molar-refractivity contribution in [2.45, 2.75) is 50.2 Å². The summed E-state index contributed by atoms with van der Waals surface area (Å²) >= 11 is 0. The minimum atomic E-state index is -3.12. The van der Waals surface area contributed by atoms with E-state index in [0.29, 0.717) is 17.2 Å². The van der Waals surface area contributed by atoms with E-state index in [1.54, 1.807) is 12.1 Å². The first-order valence-corrected chi connectivity index (χ1v) is 12.6. The number of rotatable bonds is 9. The highest BCUT2D eigenvalue weighted by atomic mass is 19.1. The molecule has 0 aliphatic carbocycles. The van der Waals surface area contributed by atoms with Crippen LogP contribution in [0.5, 0.6) is 0 Å². The lowest BCUT2D eigenvalue weighted by molar-refractivity contribution is -0.105. The Morgan fingerprint density at radius 2 is 1.57 bits per heavy atom. The summed E-state index contributed by atoms with van der Waals surface area (Å²) in [7, 11) is 0. The van der Waals surface area contributed by atoms with Crippen LogP contribution in [0, 0.1) is 5.82 Å². The van der Waals surface area contributed by atoms with Gasteiger partial charge in [-0.2, -0.15) is 4.98 Å². The topological polar surface area (TPSA) is 157 Å². The first-order valence-electron chi connectivity index (χ1n) is 12.6. The number of Topliss-reactive ketones (excluding diaryl/α,β-unsaturated/α-hetero) is 2. The lowest BCUT2D eigenvalue weighted by Crippen LogP contribution is -2.66. The number of ether oxygens (including phenoxy) is 2. The van der Waals surface area contributed by atoms with Crippen molar-refractivity contribution < 1.29 is 38.5 Å². The molecule has 1 saturated heterocycles. The van der Waals surface area contributed by atoms with Gasteiger partial charge >= 0.3 is 11.8 Å². The van der Waals surface area contributed by atoms with Crippen LogP contribution < -0.4 is 11.0 Å². The third-order valence-corrected chi connectivity index (χ3v) is 6.74. The normalized spacial score (nSPS) is 23.9. The van der Waals surface area contributed by atoms with E-state index >= 15 is 4.39 Å². The second-order valence-corrected chi connectivity index (χ2v) is 9.30. The maximum atomic E-state index is 15.1. The predicted octanol–water partition coefficient (Wildman–Crippen LogP) is 2.88. The molecule has 0 spiro atoms. The number of hydrogen-bond acceptors (Lipinski definition) is 9. The zero-order valence-corrected chi connectivity index (χ0v) is 21.7. The van der Waals surface area contributed by atoms with E-state index in [4.69, 9.17) is 9.47 Å². The quantitative estimate of drug-likeness (QED) is 0.268. The Morgan fingerprint density at radius 1 is 1.02 bits per heavy atom. The van der Waals surface area contributed by atoms with Crippen molar-refractivity contribution in [1.29, 1.82) is 0 Å². The first kappa shape index (κ1) is 28.7. The molecule has 1 aliphatic rings. The van der Waals surface area contributed by atoms with Gasteiger partial charge in [0.1, 0.15) is 0 Å². The third kappa shape index (κ3) is 4.92. The monoisotopic (exact) mass is 553 g/mol. The van der Waals surface area contributed by atoms with E-state index in [-0.39, 0.29) is 17.7 Å². The van der Waals surface area contributed by atoms with Crippen LogP contribution in [0.25, 0.3) is 0 Å². The fourth-order valence-corrected chi connectivity index (χ4v) is 4.56. The van der Waals surface area contributed by atoms with Crippen LogP contribution in [0.1, 0.15) is 53.6 Å². The molecule has 0 radical (unpaired) electrons. The van der Waals surface area contributed by atoms with E-state index in [0.717, 1.165) is 6.42 Å². The molecule has 40 heavy (non-hydrogen) atoms. The highest BCUT2D eigenvalue weighted by Crippen LogP contribution is 2.48. The average molecular weight is 554 g/mol. The van der Waals surface area contributed by atoms with Crippen molar-refractivity contribution in [1.82, 2.24) is 9.55 Å². The van der Waals surface area contributed by atoms with Gasteiger partial charge in [-0.15, -0.1) is 0 Å². The molecule has 4 atom stereocenters. The van der Waals surface area contributed by atoms with Gasteiger partial charge in [0.2, 0.25) is 17.2 Å². The fourth-order valence-electron chi connectivity index (χ4n) is 4.56. The second kappa shape index (κ2) is 11.5.